The highest BCUT2D eigenvalue weighted by Crippen LogP contribution is 2.35. The molecule has 0 aliphatic rings. The Kier molecular flexibility index (Phi) is 4.99. The Balaban J connectivity index is 2.27. The number of pyridine rings is 1. The second kappa shape index (κ2) is 6.93. The van der Waals surface area contributed by atoms with Gasteiger partial charge in [-0.25, -0.2) is 4.98 Å². The third-order valence-corrected chi connectivity index (χ3v) is 4.58. The van der Waals surface area contributed by atoms with E-state index in [4.69, 9.17) is 17.3 Å². The molecule has 26 heavy (non-hydrogen) atoms. The fourth-order valence-electron chi connectivity index (χ4n) is 2.95. The molecule has 0 fully saturated rings. The number of fused-ring (bicyclic) bond motifs is 1. The van der Waals surface area contributed by atoms with Gasteiger partial charge in [0.05, 0.1) is 22.0 Å². The van der Waals surface area contributed by atoms with Crippen LogP contribution in [-0.2, 0) is 12.6 Å². The summed E-state index contributed by atoms with van der Waals surface area (Å²) in [4.78, 5) is 4.44. The van der Waals surface area contributed by atoms with Gasteiger partial charge in [-0.2, -0.15) is 13.2 Å². The number of imidazole rings is 1. The van der Waals surface area contributed by atoms with Gasteiger partial charge in [-0.3, -0.25) is 4.40 Å². The minimum absolute atomic E-state index is 0.0388. The first-order valence-corrected chi connectivity index (χ1v) is 8.68. The molecule has 0 radical (unpaired) electrons. The summed E-state index contributed by atoms with van der Waals surface area (Å²) in [5.41, 5.74) is 8.30. The molecule has 7 heteroatoms. The lowest BCUT2D eigenvalue weighted by molar-refractivity contribution is -0.137. The molecule has 1 aromatic carbocycles. The van der Waals surface area contributed by atoms with Crippen molar-refractivity contribution in [2.75, 3.05) is 6.54 Å². The van der Waals surface area contributed by atoms with Gasteiger partial charge in [0, 0.05) is 18.2 Å². The van der Waals surface area contributed by atoms with Gasteiger partial charge in [-0.15, -0.1) is 0 Å². The summed E-state index contributed by atoms with van der Waals surface area (Å²) in [5.74, 6) is 0.362. The zero-order valence-corrected chi connectivity index (χ0v) is 15.2. The Morgan fingerprint density at radius 3 is 2.38 bits per heavy atom. The molecule has 0 atom stereocenters. The lowest BCUT2D eigenvalue weighted by atomic mass is 10.00. The third kappa shape index (κ3) is 3.44. The molecule has 0 spiro atoms. The van der Waals surface area contributed by atoms with E-state index in [2.05, 4.69) is 18.8 Å². The molecule has 0 saturated carbocycles. The highest BCUT2D eigenvalue weighted by molar-refractivity contribution is 6.33. The first kappa shape index (κ1) is 18.7. The number of nitrogens with zero attached hydrogens (tertiary/aromatic N) is 2. The van der Waals surface area contributed by atoms with E-state index in [0.717, 1.165) is 23.4 Å². The molecule has 0 saturated heterocycles. The van der Waals surface area contributed by atoms with Crippen LogP contribution in [0.1, 0.15) is 36.6 Å². The van der Waals surface area contributed by atoms with Crippen molar-refractivity contribution in [1.82, 2.24) is 9.38 Å². The van der Waals surface area contributed by atoms with Crippen molar-refractivity contribution in [3.63, 3.8) is 0 Å². The second-order valence-electron chi connectivity index (χ2n) is 6.49. The normalized spacial score (nSPS) is 12.3. The summed E-state index contributed by atoms with van der Waals surface area (Å²) >= 11 is 6.09. The number of rotatable bonds is 4. The maximum absolute atomic E-state index is 13.2. The van der Waals surface area contributed by atoms with Crippen molar-refractivity contribution in [2.45, 2.75) is 32.4 Å². The van der Waals surface area contributed by atoms with Crippen LogP contribution in [0.5, 0.6) is 0 Å². The van der Waals surface area contributed by atoms with Crippen molar-refractivity contribution < 1.29 is 13.2 Å². The molecule has 0 amide bonds. The smallest absolute Gasteiger partial charge is 0.330 e. The minimum Gasteiger partial charge on any atom is -0.330 e. The van der Waals surface area contributed by atoms with Crippen LogP contribution in [0.15, 0.2) is 36.5 Å². The number of alkyl halides is 3. The van der Waals surface area contributed by atoms with Crippen LogP contribution in [0, 0.1) is 0 Å². The number of halogens is 4. The molecule has 3 nitrogen and oxygen atoms in total. The summed E-state index contributed by atoms with van der Waals surface area (Å²) < 4.78 is 41.1. The highest BCUT2D eigenvalue weighted by Gasteiger charge is 2.32. The van der Waals surface area contributed by atoms with Crippen LogP contribution < -0.4 is 5.73 Å². The van der Waals surface area contributed by atoms with E-state index in [9.17, 15) is 13.2 Å². The van der Waals surface area contributed by atoms with Gasteiger partial charge in [0.15, 0.2) is 5.65 Å². The van der Waals surface area contributed by atoms with Crippen LogP contribution in [0.3, 0.4) is 0 Å². The average molecular weight is 382 g/mol. The van der Waals surface area contributed by atoms with E-state index < -0.39 is 11.7 Å². The van der Waals surface area contributed by atoms with E-state index in [1.807, 2.05) is 24.3 Å². The van der Waals surface area contributed by atoms with E-state index >= 15 is 0 Å². The van der Waals surface area contributed by atoms with Crippen molar-refractivity contribution in [3.8, 4) is 11.3 Å². The second-order valence-corrected chi connectivity index (χ2v) is 6.90. The number of hydrogen-bond acceptors (Lipinski definition) is 2. The number of benzene rings is 1. The molecular formula is C19H19ClF3N3. The minimum atomic E-state index is -4.49. The fraction of sp³-hybridized carbons (Fsp3) is 0.316. The van der Waals surface area contributed by atoms with Crippen LogP contribution in [0.25, 0.3) is 16.9 Å². The fourth-order valence-corrected chi connectivity index (χ4v) is 3.20. The van der Waals surface area contributed by atoms with Gasteiger partial charge in [0.2, 0.25) is 0 Å². The monoisotopic (exact) mass is 381 g/mol. The van der Waals surface area contributed by atoms with Crippen LogP contribution >= 0.6 is 11.6 Å². The Labute approximate surface area is 154 Å². The van der Waals surface area contributed by atoms with E-state index in [-0.39, 0.29) is 5.02 Å². The topological polar surface area (TPSA) is 43.3 Å². The molecule has 2 aromatic heterocycles. The standard InChI is InChI=1S/C19H19ClF3N3/c1-11(2)12-3-5-13(6-4-12)17-16(7-8-24)25-18-15(20)9-14(10-26(17)18)19(21,22)23/h3-6,9-11H,7-8,24H2,1-2H3. The first-order valence-electron chi connectivity index (χ1n) is 8.30. The van der Waals surface area contributed by atoms with Crippen molar-refractivity contribution in [2.24, 2.45) is 5.73 Å². The SMILES string of the molecule is CC(C)c1ccc(-c2c(CCN)nc3c(Cl)cc(C(F)(F)F)cn23)cc1. The van der Waals surface area contributed by atoms with E-state index in [1.54, 1.807) is 0 Å². The third-order valence-electron chi connectivity index (χ3n) is 4.31. The molecule has 2 heterocycles. The van der Waals surface area contributed by atoms with Gasteiger partial charge in [0.25, 0.3) is 0 Å². The molecule has 3 rings (SSSR count). The quantitative estimate of drug-likeness (QED) is 0.666. The van der Waals surface area contributed by atoms with E-state index in [1.165, 1.54) is 4.40 Å². The molecule has 3 aromatic rings. The summed E-state index contributed by atoms with van der Waals surface area (Å²) in [6.07, 6.45) is -3.00. The van der Waals surface area contributed by atoms with Crippen molar-refractivity contribution >= 4 is 17.2 Å². The average Bonchev–Trinajstić information content (AvgIpc) is 2.93. The number of hydrogen-bond donors (Lipinski definition) is 1. The Morgan fingerprint density at radius 2 is 1.85 bits per heavy atom. The molecule has 0 aliphatic carbocycles. The molecule has 0 unspecified atom stereocenters. The molecule has 138 valence electrons. The van der Waals surface area contributed by atoms with Crippen LogP contribution in [0.2, 0.25) is 5.02 Å². The summed E-state index contributed by atoms with van der Waals surface area (Å²) in [7, 11) is 0. The predicted molar refractivity (Wildman–Crippen MR) is 97.5 cm³/mol. The maximum atomic E-state index is 13.2. The molecule has 0 bridgehead atoms. The van der Waals surface area contributed by atoms with Crippen LogP contribution in [0.4, 0.5) is 13.2 Å². The summed E-state index contributed by atoms with van der Waals surface area (Å²) in [5, 5.41) is -0.0388. The maximum Gasteiger partial charge on any atom is 0.417 e. The van der Waals surface area contributed by atoms with Gasteiger partial charge >= 0.3 is 6.18 Å². The lowest BCUT2D eigenvalue weighted by Gasteiger charge is -2.11. The Bertz CT molecular complexity index is 928. The summed E-state index contributed by atoms with van der Waals surface area (Å²) in [6, 6.07) is 8.64. The van der Waals surface area contributed by atoms with Crippen molar-refractivity contribution in [1.29, 1.82) is 0 Å². The number of aromatic nitrogens is 2. The summed E-state index contributed by atoms with van der Waals surface area (Å²) in [6.45, 7) is 4.50. The highest BCUT2D eigenvalue weighted by atomic mass is 35.5. The lowest BCUT2D eigenvalue weighted by Crippen LogP contribution is -2.07. The number of nitrogens with two attached hydrogens (primary N) is 1. The van der Waals surface area contributed by atoms with Crippen LogP contribution in [-0.4, -0.2) is 15.9 Å². The first-order chi connectivity index (χ1) is 12.2. The zero-order valence-electron chi connectivity index (χ0n) is 14.4. The molecular weight excluding hydrogens is 363 g/mol. The van der Waals surface area contributed by atoms with Gasteiger partial charge < -0.3 is 5.73 Å². The van der Waals surface area contributed by atoms with Crippen molar-refractivity contribution in [3.05, 3.63) is 58.4 Å². The molecule has 2 N–H and O–H groups in total. The predicted octanol–water partition coefficient (Wildman–Crippen LogP) is 5.30. The Hall–Kier alpha value is -2.05. The van der Waals surface area contributed by atoms with E-state index in [0.29, 0.717) is 35.9 Å². The van der Waals surface area contributed by atoms with Gasteiger partial charge in [-0.1, -0.05) is 49.7 Å². The Morgan fingerprint density at radius 1 is 1.19 bits per heavy atom. The largest absolute Gasteiger partial charge is 0.417 e. The molecule has 0 aliphatic heterocycles. The van der Waals surface area contributed by atoms with Gasteiger partial charge in [-0.05, 0) is 24.1 Å². The zero-order chi connectivity index (χ0) is 19.1. The van der Waals surface area contributed by atoms with Gasteiger partial charge in [0.1, 0.15) is 0 Å².